The molecule has 7 N–H and O–H groups in total. The van der Waals surface area contributed by atoms with Crippen molar-refractivity contribution in [1.29, 1.82) is 0 Å². The van der Waals surface area contributed by atoms with Gasteiger partial charge in [0.2, 0.25) is 15.8 Å². The maximum Gasteiger partial charge on any atom is 0.255 e. The molecule has 5 rings (SSSR count). The summed E-state index contributed by atoms with van der Waals surface area (Å²) in [6.45, 7) is 0. The van der Waals surface area contributed by atoms with Gasteiger partial charge in [0.1, 0.15) is 22.8 Å². The van der Waals surface area contributed by atoms with E-state index in [1.54, 1.807) is 30.3 Å². The fourth-order valence-electron chi connectivity index (χ4n) is 5.82. The molecule has 3 aliphatic rings. The Balaban J connectivity index is 1.63. The maximum atomic E-state index is 13.6. The Morgan fingerprint density at radius 3 is 2.32 bits per heavy atom. The number of amides is 1. The summed E-state index contributed by atoms with van der Waals surface area (Å²) >= 11 is 0. The number of benzene rings is 2. The highest BCUT2D eigenvalue weighted by atomic mass is 32.2. The molecule has 3 unspecified atom stereocenters. The van der Waals surface area contributed by atoms with Crippen molar-refractivity contribution in [2.24, 2.45) is 17.6 Å². The van der Waals surface area contributed by atoms with E-state index in [0.717, 1.165) is 6.26 Å². The second-order valence-electron chi connectivity index (χ2n) is 9.84. The second kappa shape index (κ2) is 8.43. The second-order valence-corrected chi connectivity index (χ2v) is 11.6. The van der Waals surface area contributed by atoms with Gasteiger partial charge in [-0.15, -0.1) is 0 Å². The molecule has 0 aromatic heterocycles. The average molecular weight is 541 g/mol. The standard InChI is InChI=1S/C26H24N2O9S/c1-38(36,37)28-14-4-2-11(3-5-14)15-6-7-17(29)20-16(15)9-12-8-13-10-18(30)21(25(27)34)24(33)26(13,35)23(32)19(12)22(20)31/h2-7,12-13,28-29,31,33,35H,8-10H2,1H3,(H2,27,34). The van der Waals surface area contributed by atoms with Crippen molar-refractivity contribution in [1.82, 2.24) is 0 Å². The molecule has 11 nitrogen and oxygen atoms in total. The number of phenolic OH excluding ortho intramolecular Hbond substituents is 1. The Labute approximate surface area is 217 Å². The number of fused-ring (bicyclic) bond motifs is 3. The van der Waals surface area contributed by atoms with E-state index in [2.05, 4.69) is 4.72 Å². The zero-order chi connectivity index (χ0) is 27.7. The number of anilines is 1. The number of Topliss-reactive ketones (excluding diaryl/α,β-unsaturated/α-hetero) is 2. The van der Waals surface area contributed by atoms with E-state index < -0.39 is 68.4 Å². The molecular formula is C26H24N2O9S. The molecule has 2 aromatic rings. The van der Waals surface area contributed by atoms with Gasteiger partial charge in [0, 0.05) is 23.6 Å². The van der Waals surface area contributed by atoms with Crippen LogP contribution >= 0.6 is 0 Å². The number of nitrogens with two attached hydrogens (primary N) is 1. The van der Waals surface area contributed by atoms with Crippen molar-refractivity contribution in [3.63, 3.8) is 0 Å². The number of hydrogen-bond donors (Lipinski definition) is 6. The highest BCUT2D eigenvalue weighted by Crippen LogP contribution is 2.53. The first-order valence-electron chi connectivity index (χ1n) is 11.6. The topological polar surface area (TPSA) is 204 Å². The minimum atomic E-state index is -3.48. The van der Waals surface area contributed by atoms with Crippen molar-refractivity contribution in [3.05, 3.63) is 64.4 Å². The Morgan fingerprint density at radius 2 is 1.71 bits per heavy atom. The third-order valence-corrected chi connectivity index (χ3v) is 8.05. The molecule has 1 saturated carbocycles. The van der Waals surface area contributed by atoms with E-state index in [1.807, 2.05) is 0 Å². The van der Waals surface area contributed by atoms with Crippen molar-refractivity contribution in [3.8, 4) is 16.9 Å². The van der Waals surface area contributed by atoms with Gasteiger partial charge in [0.05, 0.1) is 11.8 Å². The number of hydrogen-bond acceptors (Lipinski definition) is 9. The zero-order valence-electron chi connectivity index (χ0n) is 20.1. The lowest BCUT2D eigenvalue weighted by molar-refractivity contribution is -0.147. The number of aliphatic hydroxyl groups is 3. The molecule has 1 amide bonds. The molecule has 0 radical (unpaired) electrons. The lowest BCUT2D eigenvalue weighted by Gasteiger charge is -2.46. The number of nitrogens with one attached hydrogen (secondary N) is 1. The monoisotopic (exact) mass is 540 g/mol. The van der Waals surface area contributed by atoms with Gasteiger partial charge in [-0.05, 0) is 53.6 Å². The van der Waals surface area contributed by atoms with Gasteiger partial charge in [-0.3, -0.25) is 19.1 Å². The van der Waals surface area contributed by atoms with Crippen molar-refractivity contribution >= 4 is 38.9 Å². The highest BCUT2D eigenvalue weighted by molar-refractivity contribution is 7.92. The predicted octanol–water partition coefficient (Wildman–Crippen LogP) is 1.46. The van der Waals surface area contributed by atoms with Crippen molar-refractivity contribution < 1.29 is 43.2 Å². The van der Waals surface area contributed by atoms with Crippen molar-refractivity contribution in [2.45, 2.75) is 24.9 Å². The summed E-state index contributed by atoms with van der Waals surface area (Å²) in [4.78, 5) is 37.8. The van der Waals surface area contributed by atoms with Gasteiger partial charge in [0.25, 0.3) is 5.91 Å². The molecule has 12 heteroatoms. The summed E-state index contributed by atoms with van der Waals surface area (Å²) in [5.41, 5.74) is 3.61. The number of primary amides is 1. The van der Waals surface area contributed by atoms with E-state index in [9.17, 15) is 43.2 Å². The summed E-state index contributed by atoms with van der Waals surface area (Å²) in [6, 6.07) is 9.40. The predicted molar refractivity (Wildman–Crippen MR) is 135 cm³/mol. The number of phenols is 1. The Morgan fingerprint density at radius 1 is 1.05 bits per heavy atom. The van der Waals surface area contributed by atoms with E-state index >= 15 is 0 Å². The molecule has 0 bridgehead atoms. The van der Waals surface area contributed by atoms with Crippen LogP contribution in [0.2, 0.25) is 0 Å². The molecule has 0 spiro atoms. The van der Waals surface area contributed by atoms with E-state index in [-0.39, 0.29) is 29.7 Å². The molecule has 3 atom stereocenters. The summed E-state index contributed by atoms with van der Waals surface area (Å²) in [5, 5.41) is 43.8. The van der Waals surface area contributed by atoms with Crippen LogP contribution < -0.4 is 10.5 Å². The van der Waals surface area contributed by atoms with Gasteiger partial charge in [-0.25, -0.2) is 8.42 Å². The lowest BCUT2D eigenvalue weighted by Crippen LogP contribution is -2.58. The highest BCUT2D eigenvalue weighted by Gasteiger charge is 2.60. The zero-order valence-corrected chi connectivity index (χ0v) is 20.9. The molecule has 2 aromatic carbocycles. The molecule has 1 fully saturated rings. The lowest BCUT2D eigenvalue weighted by atomic mass is 9.59. The van der Waals surface area contributed by atoms with E-state index in [1.165, 1.54) is 6.07 Å². The number of ketones is 2. The van der Waals surface area contributed by atoms with Gasteiger partial charge < -0.3 is 26.2 Å². The molecule has 38 heavy (non-hydrogen) atoms. The normalized spacial score (nSPS) is 25.0. The smallest absolute Gasteiger partial charge is 0.255 e. The third kappa shape index (κ3) is 3.75. The van der Waals surface area contributed by atoms with Gasteiger partial charge in [-0.1, -0.05) is 18.2 Å². The van der Waals surface area contributed by atoms with Crippen LogP contribution in [-0.2, 0) is 30.8 Å². The van der Waals surface area contributed by atoms with Crippen LogP contribution in [0.15, 0.2) is 53.3 Å². The number of rotatable bonds is 4. The number of aliphatic hydroxyl groups excluding tert-OH is 2. The fourth-order valence-corrected chi connectivity index (χ4v) is 6.39. The number of carbonyl (C=O) groups excluding carboxylic acids is 3. The summed E-state index contributed by atoms with van der Waals surface area (Å²) in [5.74, 6) is -6.87. The summed E-state index contributed by atoms with van der Waals surface area (Å²) in [7, 11) is -3.48. The fraction of sp³-hybridized carbons (Fsp3) is 0.269. The number of aromatic hydroxyl groups is 1. The quantitative estimate of drug-likeness (QED) is 0.310. The maximum absolute atomic E-state index is 13.6. The molecule has 0 aliphatic heterocycles. The summed E-state index contributed by atoms with van der Waals surface area (Å²) < 4.78 is 25.4. The first-order valence-corrected chi connectivity index (χ1v) is 13.5. The van der Waals surface area contributed by atoms with Crippen LogP contribution in [0, 0.1) is 11.8 Å². The third-order valence-electron chi connectivity index (χ3n) is 7.45. The van der Waals surface area contributed by atoms with Crippen LogP contribution in [-0.4, -0.2) is 58.2 Å². The van der Waals surface area contributed by atoms with Crippen LogP contribution in [0.3, 0.4) is 0 Å². The Bertz CT molecular complexity index is 1610. The van der Waals surface area contributed by atoms with Crippen LogP contribution in [0.4, 0.5) is 5.69 Å². The van der Waals surface area contributed by atoms with Crippen LogP contribution in [0.5, 0.6) is 5.75 Å². The van der Waals surface area contributed by atoms with Gasteiger partial charge >= 0.3 is 0 Å². The summed E-state index contributed by atoms with van der Waals surface area (Å²) in [6.07, 6.45) is 0.807. The van der Waals surface area contributed by atoms with Gasteiger partial charge in [-0.2, -0.15) is 0 Å². The first kappa shape index (κ1) is 25.5. The largest absolute Gasteiger partial charge is 0.508 e. The first-order chi connectivity index (χ1) is 17.7. The van der Waals surface area contributed by atoms with Crippen LogP contribution in [0.25, 0.3) is 16.9 Å². The number of sulfonamides is 1. The molecule has 3 aliphatic carbocycles. The van der Waals surface area contributed by atoms with Crippen LogP contribution in [0.1, 0.15) is 24.0 Å². The van der Waals surface area contributed by atoms with E-state index in [0.29, 0.717) is 22.4 Å². The van der Waals surface area contributed by atoms with E-state index in [4.69, 9.17) is 5.73 Å². The molecule has 0 heterocycles. The average Bonchev–Trinajstić information content (AvgIpc) is 2.81. The van der Waals surface area contributed by atoms with Gasteiger partial charge in [0.15, 0.2) is 11.4 Å². The Hall–Kier alpha value is -4.16. The SMILES string of the molecule is CS(=O)(=O)Nc1ccc(-c2ccc(O)c3c2CC2CC4CC(=O)C(C(N)=O)=C(O)C4(O)C(=O)C2=C3O)cc1. The molecule has 198 valence electrons. The minimum Gasteiger partial charge on any atom is -0.508 e. The molecule has 0 saturated heterocycles. The number of carbonyl (C=O) groups is 3. The Kier molecular flexibility index (Phi) is 5.65. The molecular weight excluding hydrogens is 516 g/mol. The minimum absolute atomic E-state index is 0.0204. The van der Waals surface area contributed by atoms with Crippen molar-refractivity contribution in [2.75, 3.05) is 11.0 Å².